The highest BCUT2D eigenvalue weighted by molar-refractivity contribution is 5.96. The van der Waals surface area contributed by atoms with Crippen LogP contribution in [0.4, 0.5) is 0 Å². The Kier molecular flexibility index (Phi) is 3.62. The molecule has 0 unspecified atom stereocenters. The van der Waals surface area contributed by atoms with Crippen LogP contribution in [0.3, 0.4) is 0 Å². The fraction of sp³-hybridized carbons (Fsp3) is 0.333. The molecule has 1 aliphatic heterocycles. The number of nitrogens with zero attached hydrogens (tertiary/aromatic N) is 3. The molecule has 1 aliphatic rings. The van der Waals surface area contributed by atoms with Crippen LogP contribution in [0.25, 0.3) is 11.2 Å². The van der Waals surface area contributed by atoms with Gasteiger partial charge in [0.2, 0.25) is 0 Å². The number of ether oxygens (including phenoxy) is 1. The van der Waals surface area contributed by atoms with E-state index in [4.69, 9.17) is 4.74 Å². The first-order chi connectivity index (χ1) is 10.2. The van der Waals surface area contributed by atoms with Gasteiger partial charge in [0.1, 0.15) is 5.52 Å². The van der Waals surface area contributed by atoms with E-state index in [9.17, 15) is 4.79 Å². The number of amides is 1. The van der Waals surface area contributed by atoms with E-state index < -0.39 is 5.54 Å². The highest BCUT2D eigenvalue weighted by atomic mass is 16.5. The van der Waals surface area contributed by atoms with Gasteiger partial charge in [-0.25, -0.2) is 9.97 Å². The summed E-state index contributed by atoms with van der Waals surface area (Å²) in [5, 5.41) is 3.04. The van der Waals surface area contributed by atoms with Gasteiger partial charge in [-0.05, 0) is 18.9 Å². The molecule has 1 saturated heterocycles. The number of pyridine rings is 1. The molecule has 1 amide bonds. The number of nitrogens with one attached hydrogen (secondary N) is 1. The number of hydrogen-bond donors (Lipinski definition) is 1. The van der Waals surface area contributed by atoms with E-state index in [0.717, 1.165) is 12.8 Å². The first-order valence-corrected chi connectivity index (χ1v) is 6.83. The number of carbonyl (C=O) groups excluding carboxylic acids is 1. The summed E-state index contributed by atoms with van der Waals surface area (Å²) in [4.78, 5) is 24.8. The number of carbonyl (C=O) groups is 1. The fourth-order valence-electron chi connectivity index (χ4n) is 2.40. The molecular weight excluding hydrogens is 268 g/mol. The van der Waals surface area contributed by atoms with Gasteiger partial charge < -0.3 is 10.1 Å². The van der Waals surface area contributed by atoms with Crippen molar-refractivity contribution in [2.24, 2.45) is 0 Å². The lowest BCUT2D eigenvalue weighted by atomic mass is 9.90. The van der Waals surface area contributed by atoms with Crippen molar-refractivity contribution in [2.45, 2.75) is 18.4 Å². The van der Waals surface area contributed by atoms with Crippen molar-refractivity contribution in [3.63, 3.8) is 0 Å². The predicted molar refractivity (Wildman–Crippen MR) is 77.8 cm³/mol. The van der Waals surface area contributed by atoms with Crippen molar-refractivity contribution in [3.8, 4) is 0 Å². The Labute approximate surface area is 122 Å². The second-order valence-electron chi connectivity index (χ2n) is 5.05. The van der Waals surface area contributed by atoms with Gasteiger partial charge in [-0.15, -0.1) is 6.58 Å². The van der Waals surface area contributed by atoms with Crippen molar-refractivity contribution >= 4 is 17.1 Å². The molecule has 21 heavy (non-hydrogen) atoms. The maximum Gasteiger partial charge on any atom is 0.253 e. The lowest BCUT2D eigenvalue weighted by molar-refractivity contribution is 0.0511. The molecule has 2 aromatic rings. The summed E-state index contributed by atoms with van der Waals surface area (Å²) in [6.45, 7) is 5.08. The van der Waals surface area contributed by atoms with Crippen LogP contribution in [0.5, 0.6) is 0 Å². The first-order valence-electron chi connectivity index (χ1n) is 6.83. The minimum atomic E-state index is -0.410. The van der Waals surface area contributed by atoms with Crippen molar-refractivity contribution in [2.75, 3.05) is 13.2 Å². The monoisotopic (exact) mass is 284 g/mol. The second-order valence-corrected chi connectivity index (χ2v) is 5.05. The van der Waals surface area contributed by atoms with Crippen LogP contribution in [-0.2, 0) is 4.74 Å². The molecule has 108 valence electrons. The normalized spacial score (nSPS) is 17.3. The van der Waals surface area contributed by atoms with Gasteiger partial charge in [-0.3, -0.25) is 9.78 Å². The van der Waals surface area contributed by atoms with Gasteiger partial charge in [0.05, 0.1) is 11.1 Å². The topological polar surface area (TPSA) is 77.0 Å². The zero-order valence-corrected chi connectivity index (χ0v) is 11.6. The Bertz CT molecular complexity index is 680. The summed E-state index contributed by atoms with van der Waals surface area (Å²) in [5.41, 5.74) is 1.19. The van der Waals surface area contributed by atoms with E-state index in [-0.39, 0.29) is 5.91 Å². The molecule has 0 bridgehead atoms. The number of hydrogen-bond acceptors (Lipinski definition) is 5. The molecule has 1 N–H and O–H groups in total. The molecule has 6 nitrogen and oxygen atoms in total. The SMILES string of the molecule is C=CC1(NC(=O)c2cnc3nccnc3c2)CCOCC1. The van der Waals surface area contributed by atoms with Gasteiger partial charge in [-0.2, -0.15) is 0 Å². The number of aromatic nitrogens is 3. The lowest BCUT2D eigenvalue weighted by Crippen LogP contribution is -2.50. The van der Waals surface area contributed by atoms with Crippen LogP contribution in [0, 0.1) is 0 Å². The Hall–Kier alpha value is -2.34. The quantitative estimate of drug-likeness (QED) is 0.864. The van der Waals surface area contributed by atoms with E-state index in [1.807, 2.05) is 0 Å². The fourth-order valence-corrected chi connectivity index (χ4v) is 2.40. The molecule has 6 heteroatoms. The molecule has 0 aliphatic carbocycles. The Morgan fingerprint density at radius 2 is 2.05 bits per heavy atom. The molecule has 3 heterocycles. The summed E-state index contributed by atoms with van der Waals surface area (Å²) in [6.07, 6.45) is 7.91. The molecule has 0 saturated carbocycles. The van der Waals surface area contributed by atoms with Crippen molar-refractivity contribution < 1.29 is 9.53 Å². The molecule has 0 radical (unpaired) electrons. The van der Waals surface area contributed by atoms with Crippen LogP contribution < -0.4 is 5.32 Å². The third-order valence-corrected chi connectivity index (χ3v) is 3.72. The lowest BCUT2D eigenvalue weighted by Gasteiger charge is -2.35. The van der Waals surface area contributed by atoms with Crippen LogP contribution in [-0.4, -0.2) is 39.6 Å². The van der Waals surface area contributed by atoms with E-state index in [0.29, 0.717) is 29.9 Å². The average Bonchev–Trinajstić information content (AvgIpc) is 2.55. The number of fused-ring (bicyclic) bond motifs is 1. The maximum atomic E-state index is 12.4. The number of rotatable bonds is 3. The van der Waals surface area contributed by atoms with Crippen molar-refractivity contribution in [1.82, 2.24) is 20.3 Å². The van der Waals surface area contributed by atoms with E-state index in [2.05, 4.69) is 26.8 Å². The summed E-state index contributed by atoms with van der Waals surface area (Å²) < 4.78 is 5.34. The van der Waals surface area contributed by atoms with Gasteiger partial charge >= 0.3 is 0 Å². The van der Waals surface area contributed by atoms with Gasteiger partial charge in [0.15, 0.2) is 5.65 Å². The largest absolute Gasteiger partial charge is 0.381 e. The van der Waals surface area contributed by atoms with Crippen molar-refractivity contribution in [1.29, 1.82) is 0 Å². The minimum absolute atomic E-state index is 0.183. The molecule has 0 spiro atoms. The molecule has 2 aromatic heterocycles. The summed E-state index contributed by atoms with van der Waals surface area (Å²) in [6, 6.07) is 1.70. The maximum absolute atomic E-state index is 12.4. The summed E-state index contributed by atoms with van der Waals surface area (Å²) >= 11 is 0. The molecule has 0 aromatic carbocycles. The van der Waals surface area contributed by atoms with Crippen LogP contribution in [0.2, 0.25) is 0 Å². The molecule has 0 atom stereocenters. The highest BCUT2D eigenvalue weighted by Crippen LogP contribution is 2.22. The Balaban J connectivity index is 1.84. The zero-order chi connectivity index (χ0) is 14.7. The molecular formula is C15H16N4O2. The average molecular weight is 284 g/mol. The molecule has 1 fully saturated rings. The summed E-state index contributed by atoms with van der Waals surface area (Å²) in [5.74, 6) is -0.183. The van der Waals surface area contributed by atoms with E-state index >= 15 is 0 Å². The molecule has 3 rings (SSSR count). The van der Waals surface area contributed by atoms with Gasteiger partial charge in [0.25, 0.3) is 5.91 Å². The van der Waals surface area contributed by atoms with Crippen LogP contribution in [0.15, 0.2) is 37.3 Å². The van der Waals surface area contributed by atoms with Crippen LogP contribution >= 0.6 is 0 Å². The third kappa shape index (κ3) is 2.75. The zero-order valence-electron chi connectivity index (χ0n) is 11.6. The second kappa shape index (κ2) is 5.57. The first kappa shape index (κ1) is 13.6. The standard InChI is InChI=1S/C15H16N4O2/c1-2-15(3-7-21-8-4-15)19-14(20)11-9-12-13(18-10-11)17-6-5-16-12/h2,5-6,9-10H,1,3-4,7-8H2,(H,19,20). The smallest absolute Gasteiger partial charge is 0.253 e. The van der Waals surface area contributed by atoms with Crippen LogP contribution in [0.1, 0.15) is 23.2 Å². The van der Waals surface area contributed by atoms with Gasteiger partial charge in [-0.1, -0.05) is 6.08 Å². The third-order valence-electron chi connectivity index (χ3n) is 3.72. The predicted octanol–water partition coefficient (Wildman–Crippen LogP) is 1.49. The highest BCUT2D eigenvalue weighted by Gasteiger charge is 2.31. The van der Waals surface area contributed by atoms with E-state index in [1.165, 1.54) is 6.20 Å². The summed E-state index contributed by atoms with van der Waals surface area (Å²) in [7, 11) is 0. The van der Waals surface area contributed by atoms with Gasteiger partial charge in [0, 0.05) is 31.8 Å². The minimum Gasteiger partial charge on any atom is -0.381 e. The van der Waals surface area contributed by atoms with E-state index in [1.54, 1.807) is 24.5 Å². The Morgan fingerprint density at radius 3 is 2.81 bits per heavy atom. The Morgan fingerprint density at radius 1 is 1.29 bits per heavy atom. The van der Waals surface area contributed by atoms with Crippen molar-refractivity contribution in [3.05, 3.63) is 42.9 Å².